The number of nitrogens with two attached hydrogens (primary N) is 1. The summed E-state index contributed by atoms with van der Waals surface area (Å²) in [6, 6.07) is 0.432. The molecule has 2 N–H and O–H groups in total. The number of hydrogen-bond acceptors (Lipinski definition) is 3. The summed E-state index contributed by atoms with van der Waals surface area (Å²) >= 11 is 0. The average Bonchev–Trinajstić information content (AvgIpc) is 2.33. The largest absolute Gasteiger partial charge is 0.378 e. The van der Waals surface area contributed by atoms with E-state index in [2.05, 4.69) is 11.8 Å². The van der Waals surface area contributed by atoms with Crippen LogP contribution in [0.5, 0.6) is 0 Å². The van der Waals surface area contributed by atoms with Crippen LogP contribution in [-0.4, -0.2) is 43.3 Å². The maximum atomic E-state index is 5.94. The molecule has 1 aliphatic carbocycles. The number of hydrogen-bond donors (Lipinski definition) is 1. The Bertz CT molecular complexity index is 221. The highest BCUT2D eigenvalue weighted by atomic mass is 16.5. The van der Waals surface area contributed by atoms with E-state index in [-0.39, 0.29) is 0 Å². The topological polar surface area (TPSA) is 38.5 Å². The van der Waals surface area contributed by atoms with Gasteiger partial charge in [0.2, 0.25) is 0 Å². The fourth-order valence-electron chi connectivity index (χ4n) is 3.24. The molecule has 1 aliphatic heterocycles. The van der Waals surface area contributed by atoms with Gasteiger partial charge >= 0.3 is 0 Å². The van der Waals surface area contributed by atoms with E-state index in [1.165, 1.54) is 51.7 Å². The Morgan fingerprint density at radius 1 is 1.17 bits per heavy atom. The lowest BCUT2D eigenvalue weighted by molar-refractivity contribution is 0.0127. The zero-order valence-electron chi connectivity index (χ0n) is 11.9. The SMILES string of the molecule is CCCC1CN(CCCOC2CCC(N)CC2)C1. The van der Waals surface area contributed by atoms with Crippen LogP contribution in [0.15, 0.2) is 0 Å². The average molecular weight is 254 g/mol. The van der Waals surface area contributed by atoms with Crippen LogP contribution in [0.3, 0.4) is 0 Å². The van der Waals surface area contributed by atoms with Gasteiger partial charge in [0.15, 0.2) is 0 Å². The summed E-state index contributed by atoms with van der Waals surface area (Å²) in [5.41, 5.74) is 5.89. The van der Waals surface area contributed by atoms with Crippen LogP contribution in [0, 0.1) is 5.92 Å². The molecule has 0 spiro atoms. The van der Waals surface area contributed by atoms with Crippen molar-refractivity contribution in [3.05, 3.63) is 0 Å². The van der Waals surface area contributed by atoms with Crippen LogP contribution in [0.25, 0.3) is 0 Å². The predicted octanol–water partition coefficient (Wildman–Crippen LogP) is 2.39. The van der Waals surface area contributed by atoms with Gasteiger partial charge in [0.25, 0.3) is 0 Å². The number of nitrogens with zero attached hydrogens (tertiary/aromatic N) is 1. The lowest BCUT2D eigenvalue weighted by atomic mass is 9.94. The normalized spacial score (nSPS) is 30.3. The summed E-state index contributed by atoms with van der Waals surface area (Å²) in [6.45, 7) is 7.10. The van der Waals surface area contributed by atoms with Crippen LogP contribution < -0.4 is 5.73 Å². The fourth-order valence-corrected chi connectivity index (χ4v) is 3.24. The van der Waals surface area contributed by atoms with Gasteiger partial charge in [-0.2, -0.15) is 0 Å². The highest BCUT2D eigenvalue weighted by Gasteiger charge is 2.25. The Balaban J connectivity index is 1.43. The van der Waals surface area contributed by atoms with Gasteiger partial charge in [0.1, 0.15) is 0 Å². The van der Waals surface area contributed by atoms with Gasteiger partial charge in [0.05, 0.1) is 6.10 Å². The zero-order chi connectivity index (χ0) is 12.8. The molecule has 1 heterocycles. The summed E-state index contributed by atoms with van der Waals surface area (Å²) < 4.78 is 5.94. The van der Waals surface area contributed by atoms with Gasteiger partial charge in [0, 0.05) is 32.3 Å². The molecule has 1 saturated carbocycles. The molecular formula is C15H30N2O. The van der Waals surface area contributed by atoms with Gasteiger partial charge in [-0.3, -0.25) is 0 Å². The van der Waals surface area contributed by atoms with Crippen LogP contribution in [0.4, 0.5) is 0 Å². The lowest BCUT2D eigenvalue weighted by Crippen LogP contribution is -2.47. The standard InChI is InChI=1S/C15H30N2O/c1-2-4-13-11-17(12-13)9-3-10-18-15-7-5-14(16)6-8-15/h13-15H,2-12,16H2,1H3. The molecule has 0 radical (unpaired) electrons. The van der Waals surface area contributed by atoms with E-state index in [9.17, 15) is 0 Å². The maximum absolute atomic E-state index is 5.94. The Morgan fingerprint density at radius 3 is 2.56 bits per heavy atom. The Hall–Kier alpha value is -0.120. The Kier molecular flexibility index (Phi) is 5.93. The summed E-state index contributed by atoms with van der Waals surface area (Å²) in [5, 5.41) is 0. The van der Waals surface area contributed by atoms with E-state index in [0.29, 0.717) is 12.1 Å². The van der Waals surface area contributed by atoms with Crippen molar-refractivity contribution in [3.8, 4) is 0 Å². The van der Waals surface area contributed by atoms with Crippen molar-refractivity contribution < 1.29 is 4.74 Å². The van der Waals surface area contributed by atoms with Crippen LogP contribution in [-0.2, 0) is 4.74 Å². The molecule has 0 atom stereocenters. The second-order valence-corrected chi connectivity index (χ2v) is 6.18. The third-order valence-electron chi connectivity index (χ3n) is 4.42. The molecule has 0 unspecified atom stereocenters. The van der Waals surface area contributed by atoms with Gasteiger partial charge in [-0.05, 0) is 44.4 Å². The second-order valence-electron chi connectivity index (χ2n) is 6.18. The summed E-state index contributed by atoms with van der Waals surface area (Å²) in [6.07, 6.45) is 9.08. The first-order chi connectivity index (χ1) is 8.78. The van der Waals surface area contributed by atoms with Gasteiger partial charge < -0.3 is 15.4 Å². The molecule has 1 saturated heterocycles. The third-order valence-corrected chi connectivity index (χ3v) is 4.42. The summed E-state index contributed by atoms with van der Waals surface area (Å²) in [4.78, 5) is 2.57. The van der Waals surface area contributed by atoms with Crippen molar-refractivity contribution in [1.29, 1.82) is 0 Å². The molecular weight excluding hydrogens is 224 g/mol. The molecule has 2 rings (SSSR count). The molecule has 0 amide bonds. The molecule has 2 fully saturated rings. The van der Waals surface area contributed by atoms with E-state index in [4.69, 9.17) is 10.5 Å². The zero-order valence-corrected chi connectivity index (χ0v) is 11.9. The number of ether oxygens (including phenoxy) is 1. The third kappa shape index (κ3) is 4.52. The van der Waals surface area contributed by atoms with Crippen molar-refractivity contribution in [2.24, 2.45) is 11.7 Å². The molecule has 0 aromatic heterocycles. The van der Waals surface area contributed by atoms with E-state index in [1.807, 2.05) is 0 Å². The van der Waals surface area contributed by atoms with Crippen LogP contribution in [0.1, 0.15) is 51.9 Å². The number of likely N-dealkylation sites (tertiary alicyclic amines) is 1. The van der Waals surface area contributed by atoms with Crippen molar-refractivity contribution in [2.45, 2.75) is 64.0 Å². The molecule has 18 heavy (non-hydrogen) atoms. The van der Waals surface area contributed by atoms with E-state index in [0.717, 1.165) is 25.4 Å². The minimum absolute atomic E-state index is 0.432. The lowest BCUT2D eigenvalue weighted by Gasteiger charge is -2.39. The maximum Gasteiger partial charge on any atom is 0.0576 e. The van der Waals surface area contributed by atoms with Gasteiger partial charge in [-0.15, -0.1) is 0 Å². The quantitative estimate of drug-likeness (QED) is 0.709. The van der Waals surface area contributed by atoms with E-state index >= 15 is 0 Å². The van der Waals surface area contributed by atoms with Crippen LogP contribution in [0.2, 0.25) is 0 Å². The smallest absolute Gasteiger partial charge is 0.0576 e. The van der Waals surface area contributed by atoms with Crippen LogP contribution >= 0.6 is 0 Å². The molecule has 3 heteroatoms. The number of rotatable bonds is 7. The molecule has 0 aromatic carbocycles. The van der Waals surface area contributed by atoms with Gasteiger partial charge in [-0.25, -0.2) is 0 Å². The van der Waals surface area contributed by atoms with Gasteiger partial charge in [-0.1, -0.05) is 13.3 Å². The minimum atomic E-state index is 0.432. The first-order valence-electron chi connectivity index (χ1n) is 7.87. The molecule has 3 nitrogen and oxygen atoms in total. The molecule has 106 valence electrons. The Morgan fingerprint density at radius 2 is 1.89 bits per heavy atom. The van der Waals surface area contributed by atoms with Crippen molar-refractivity contribution in [2.75, 3.05) is 26.2 Å². The van der Waals surface area contributed by atoms with Crippen molar-refractivity contribution in [1.82, 2.24) is 4.90 Å². The highest BCUT2D eigenvalue weighted by molar-refractivity contribution is 4.79. The van der Waals surface area contributed by atoms with E-state index < -0.39 is 0 Å². The second kappa shape index (κ2) is 7.46. The van der Waals surface area contributed by atoms with Crippen molar-refractivity contribution >= 4 is 0 Å². The summed E-state index contributed by atoms with van der Waals surface area (Å²) in [5.74, 6) is 0.982. The van der Waals surface area contributed by atoms with Crippen molar-refractivity contribution in [3.63, 3.8) is 0 Å². The summed E-state index contributed by atoms with van der Waals surface area (Å²) in [7, 11) is 0. The minimum Gasteiger partial charge on any atom is -0.378 e. The first kappa shape index (κ1) is 14.3. The predicted molar refractivity (Wildman–Crippen MR) is 75.6 cm³/mol. The Labute approximate surface area is 112 Å². The molecule has 2 aliphatic rings. The monoisotopic (exact) mass is 254 g/mol. The fraction of sp³-hybridized carbons (Fsp3) is 1.00. The highest BCUT2D eigenvalue weighted by Crippen LogP contribution is 2.21. The molecule has 0 aromatic rings. The van der Waals surface area contributed by atoms with E-state index in [1.54, 1.807) is 0 Å². The first-order valence-corrected chi connectivity index (χ1v) is 7.87. The molecule has 0 bridgehead atoms.